The lowest BCUT2D eigenvalue weighted by atomic mass is 9.96. The Hall–Kier alpha value is -3.61. The molecule has 160 valence electrons. The normalized spacial score (nSPS) is 17.5. The number of rotatable bonds is 5. The maximum Gasteiger partial charge on any atom is 0.412 e. The number of hydrogen-bond donors (Lipinski definition) is 1. The molecule has 1 heterocycles. The highest BCUT2D eigenvalue weighted by atomic mass is 19.1. The molecule has 0 radical (unpaired) electrons. The first-order valence-corrected chi connectivity index (χ1v) is 10.1. The van der Waals surface area contributed by atoms with Crippen LogP contribution in [0.25, 0.3) is 5.69 Å². The van der Waals surface area contributed by atoms with E-state index in [0.717, 1.165) is 28.4 Å². The SMILES string of the molecule is COc1ccc(-n2nc(C)c([C@@H]3C=C[C@@H](OC(=O)Nc4cccc(F)c4)C3)c2C)cc1. The molecule has 0 bridgehead atoms. The third-order valence-electron chi connectivity index (χ3n) is 5.41. The van der Waals surface area contributed by atoms with E-state index in [9.17, 15) is 9.18 Å². The van der Waals surface area contributed by atoms with Crippen LogP contribution in [0.5, 0.6) is 5.75 Å². The summed E-state index contributed by atoms with van der Waals surface area (Å²) in [6, 6.07) is 13.4. The van der Waals surface area contributed by atoms with Gasteiger partial charge in [-0.1, -0.05) is 12.1 Å². The number of halogens is 1. The third kappa shape index (κ3) is 4.45. The molecule has 6 nitrogen and oxygen atoms in total. The maximum atomic E-state index is 13.3. The van der Waals surface area contributed by atoms with Gasteiger partial charge in [-0.05, 0) is 68.8 Å². The lowest BCUT2D eigenvalue weighted by Crippen LogP contribution is -2.20. The number of aromatic nitrogens is 2. The second kappa shape index (κ2) is 8.63. The summed E-state index contributed by atoms with van der Waals surface area (Å²) in [5, 5.41) is 7.28. The summed E-state index contributed by atoms with van der Waals surface area (Å²) >= 11 is 0. The fourth-order valence-electron chi connectivity index (χ4n) is 3.98. The Labute approximate surface area is 180 Å². The van der Waals surface area contributed by atoms with Gasteiger partial charge >= 0.3 is 6.09 Å². The molecule has 0 spiro atoms. The van der Waals surface area contributed by atoms with Crippen molar-refractivity contribution in [3.05, 3.63) is 83.5 Å². The first kappa shape index (κ1) is 20.7. The predicted molar refractivity (Wildman–Crippen MR) is 116 cm³/mol. The second-order valence-electron chi connectivity index (χ2n) is 7.50. The van der Waals surface area contributed by atoms with Crippen LogP contribution in [0.1, 0.15) is 29.3 Å². The summed E-state index contributed by atoms with van der Waals surface area (Å²) in [5.41, 5.74) is 4.42. The summed E-state index contributed by atoms with van der Waals surface area (Å²) in [6.07, 6.45) is 3.60. The van der Waals surface area contributed by atoms with Gasteiger partial charge in [-0.2, -0.15) is 5.10 Å². The third-order valence-corrected chi connectivity index (χ3v) is 5.41. The zero-order chi connectivity index (χ0) is 22.0. The van der Waals surface area contributed by atoms with Crippen molar-refractivity contribution < 1.29 is 18.7 Å². The highest BCUT2D eigenvalue weighted by molar-refractivity contribution is 5.84. The monoisotopic (exact) mass is 421 g/mol. The van der Waals surface area contributed by atoms with Crippen LogP contribution < -0.4 is 10.1 Å². The van der Waals surface area contributed by atoms with Crippen molar-refractivity contribution in [2.75, 3.05) is 12.4 Å². The molecular weight excluding hydrogens is 397 g/mol. The van der Waals surface area contributed by atoms with Gasteiger partial charge in [-0.15, -0.1) is 0 Å². The molecule has 0 saturated carbocycles. The fraction of sp³-hybridized carbons (Fsp3) is 0.250. The van der Waals surface area contributed by atoms with E-state index in [2.05, 4.69) is 11.4 Å². The molecule has 7 heteroatoms. The van der Waals surface area contributed by atoms with E-state index in [-0.39, 0.29) is 12.0 Å². The van der Waals surface area contributed by atoms with Crippen LogP contribution in [0.15, 0.2) is 60.7 Å². The average molecular weight is 421 g/mol. The summed E-state index contributed by atoms with van der Waals surface area (Å²) in [4.78, 5) is 12.2. The van der Waals surface area contributed by atoms with Crippen molar-refractivity contribution in [3.8, 4) is 11.4 Å². The molecule has 3 aromatic rings. The smallest absolute Gasteiger partial charge is 0.412 e. The van der Waals surface area contributed by atoms with Gasteiger partial charge in [0.1, 0.15) is 17.7 Å². The molecule has 1 aliphatic rings. The number of nitrogens with zero attached hydrogens (tertiary/aromatic N) is 2. The van der Waals surface area contributed by atoms with Crippen LogP contribution in [-0.2, 0) is 4.74 Å². The molecule has 2 atom stereocenters. The van der Waals surface area contributed by atoms with Crippen LogP contribution in [0.4, 0.5) is 14.9 Å². The topological polar surface area (TPSA) is 65.4 Å². The highest BCUT2D eigenvalue weighted by Crippen LogP contribution is 2.35. The van der Waals surface area contributed by atoms with Gasteiger partial charge < -0.3 is 9.47 Å². The number of allylic oxidation sites excluding steroid dienone is 1. The van der Waals surface area contributed by atoms with Crippen LogP contribution in [-0.4, -0.2) is 29.1 Å². The molecule has 0 aliphatic heterocycles. The van der Waals surface area contributed by atoms with Crippen molar-refractivity contribution in [2.24, 2.45) is 0 Å². The highest BCUT2D eigenvalue weighted by Gasteiger charge is 2.28. The molecule has 0 fully saturated rings. The molecule has 1 aromatic heterocycles. The van der Waals surface area contributed by atoms with E-state index in [1.54, 1.807) is 13.2 Å². The number of aryl methyl sites for hydroxylation is 1. The van der Waals surface area contributed by atoms with E-state index in [1.807, 2.05) is 48.9 Å². The number of carbonyl (C=O) groups excluding carboxylic acids is 1. The number of methoxy groups -OCH3 is 1. The van der Waals surface area contributed by atoms with Crippen LogP contribution >= 0.6 is 0 Å². The van der Waals surface area contributed by atoms with E-state index < -0.39 is 11.9 Å². The van der Waals surface area contributed by atoms with Gasteiger partial charge in [-0.25, -0.2) is 13.9 Å². The first-order chi connectivity index (χ1) is 14.9. The number of hydrogen-bond acceptors (Lipinski definition) is 4. The molecular formula is C24H24FN3O3. The number of ether oxygens (including phenoxy) is 2. The van der Waals surface area contributed by atoms with Crippen molar-refractivity contribution >= 4 is 11.8 Å². The number of anilines is 1. The minimum absolute atomic E-state index is 0.0963. The molecule has 1 amide bonds. The average Bonchev–Trinajstić information content (AvgIpc) is 3.31. The summed E-state index contributed by atoms with van der Waals surface area (Å²) < 4.78 is 25.9. The molecule has 2 aromatic carbocycles. The number of benzene rings is 2. The standard InChI is InChI=1S/C24H24FN3O3/c1-15-23(16(2)28(27-15)20-8-11-21(30-3)12-9-20)17-7-10-22(13-17)31-24(29)26-19-6-4-5-18(25)14-19/h4-12,14,17,22H,13H2,1-3H3,(H,26,29)/t17-,22-/m1/s1. The Morgan fingerprint density at radius 1 is 1.16 bits per heavy atom. The number of amides is 1. The number of carbonyl (C=O) groups is 1. The van der Waals surface area contributed by atoms with Crippen molar-refractivity contribution in [1.29, 1.82) is 0 Å². The van der Waals surface area contributed by atoms with Gasteiger partial charge in [0.15, 0.2) is 0 Å². The lowest BCUT2D eigenvalue weighted by molar-refractivity contribution is 0.132. The van der Waals surface area contributed by atoms with Gasteiger partial charge in [0.25, 0.3) is 0 Å². The van der Waals surface area contributed by atoms with Gasteiger partial charge in [-0.3, -0.25) is 5.32 Å². The molecule has 31 heavy (non-hydrogen) atoms. The van der Waals surface area contributed by atoms with Gasteiger partial charge in [0.2, 0.25) is 0 Å². The largest absolute Gasteiger partial charge is 0.497 e. The zero-order valence-corrected chi connectivity index (χ0v) is 17.6. The van der Waals surface area contributed by atoms with E-state index >= 15 is 0 Å². The fourth-order valence-corrected chi connectivity index (χ4v) is 3.98. The quantitative estimate of drug-likeness (QED) is 0.568. The summed E-state index contributed by atoms with van der Waals surface area (Å²) in [6.45, 7) is 4.03. The van der Waals surface area contributed by atoms with Crippen molar-refractivity contribution in [3.63, 3.8) is 0 Å². The number of nitrogens with one attached hydrogen (secondary N) is 1. The van der Waals surface area contributed by atoms with Crippen LogP contribution in [0.2, 0.25) is 0 Å². The Bertz CT molecular complexity index is 1120. The first-order valence-electron chi connectivity index (χ1n) is 10.1. The molecule has 4 rings (SSSR count). The molecule has 0 unspecified atom stereocenters. The van der Waals surface area contributed by atoms with E-state index in [4.69, 9.17) is 14.6 Å². The minimum Gasteiger partial charge on any atom is -0.497 e. The second-order valence-corrected chi connectivity index (χ2v) is 7.50. The van der Waals surface area contributed by atoms with E-state index in [0.29, 0.717) is 12.1 Å². The minimum atomic E-state index is -0.608. The summed E-state index contributed by atoms with van der Waals surface area (Å²) in [5.74, 6) is 0.471. The zero-order valence-electron chi connectivity index (χ0n) is 17.6. The van der Waals surface area contributed by atoms with Crippen LogP contribution in [0.3, 0.4) is 0 Å². The molecule has 1 aliphatic carbocycles. The molecule has 0 saturated heterocycles. The van der Waals surface area contributed by atoms with Crippen molar-refractivity contribution in [1.82, 2.24) is 9.78 Å². The van der Waals surface area contributed by atoms with Crippen molar-refractivity contribution in [2.45, 2.75) is 32.3 Å². The Morgan fingerprint density at radius 3 is 2.65 bits per heavy atom. The van der Waals surface area contributed by atoms with Gasteiger partial charge in [0, 0.05) is 22.9 Å². The maximum absolute atomic E-state index is 13.3. The predicted octanol–water partition coefficient (Wildman–Crippen LogP) is 5.30. The Kier molecular flexibility index (Phi) is 5.75. The van der Waals surface area contributed by atoms with Crippen LogP contribution in [0, 0.1) is 19.7 Å². The van der Waals surface area contributed by atoms with E-state index in [1.165, 1.54) is 18.2 Å². The lowest BCUT2D eigenvalue weighted by Gasteiger charge is -2.15. The summed E-state index contributed by atoms with van der Waals surface area (Å²) in [7, 11) is 1.64. The molecule has 1 N–H and O–H groups in total. The van der Waals surface area contributed by atoms with Gasteiger partial charge in [0.05, 0.1) is 18.5 Å². The Morgan fingerprint density at radius 2 is 1.94 bits per heavy atom. The Balaban J connectivity index is 1.44.